The van der Waals surface area contributed by atoms with Gasteiger partial charge in [0.15, 0.2) is 9.84 Å². The number of nitrogens with zero attached hydrogens (tertiary/aromatic N) is 2. The molecule has 2 heterocycles. The SMILES string of the molecule is CCc1nc(N)cc(NC2CCS(=O)(=O)C2)n1. The average molecular weight is 256 g/mol. The Morgan fingerprint density at radius 3 is 2.88 bits per heavy atom. The number of hydrogen-bond acceptors (Lipinski definition) is 6. The summed E-state index contributed by atoms with van der Waals surface area (Å²) in [6.07, 6.45) is 1.32. The van der Waals surface area contributed by atoms with Crippen molar-refractivity contribution in [2.75, 3.05) is 22.6 Å². The summed E-state index contributed by atoms with van der Waals surface area (Å²) in [7, 11) is -2.88. The molecule has 17 heavy (non-hydrogen) atoms. The Hall–Kier alpha value is -1.37. The Kier molecular flexibility index (Phi) is 3.19. The predicted molar refractivity (Wildman–Crippen MR) is 66.5 cm³/mol. The Bertz CT molecular complexity index is 515. The summed E-state index contributed by atoms with van der Waals surface area (Å²) in [5.41, 5.74) is 5.65. The van der Waals surface area contributed by atoms with Crippen molar-refractivity contribution in [3.05, 3.63) is 11.9 Å². The van der Waals surface area contributed by atoms with E-state index in [4.69, 9.17) is 5.73 Å². The second-order valence-corrected chi connectivity index (χ2v) is 6.42. The minimum Gasteiger partial charge on any atom is -0.384 e. The van der Waals surface area contributed by atoms with Crippen LogP contribution in [0.5, 0.6) is 0 Å². The molecule has 1 fully saturated rings. The lowest BCUT2D eigenvalue weighted by atomic mass is 10.2. The third-order valence-corrected chi connectivity index (χ3v) is 4.46. The van der Waals surface area contributed by atoms with Gasteiger partial charge >= 0.3 is 0 Å². The van der Waals surface area contributed by atoms with Crippen molar-refractivity contribution in [2.24, 2.45) is 0 Å². The number of aromatic nitrogens is 2. The van der Waals surface area contributed by atoms with Crippen LogP contribution in [0.15, 0.2) is 6.07 Å². The molecule has 1 aromatic heterocycles. The number of hydrogen-bond donors (Lipinski definition) is 2. The molecule has 0 bridgehead atoms. The minimum absolute atomic E-state index is 0.0704. The number of anilines is 2. The van der Waals surface area contributed by atoms with Crippen LogP contribution in [0.3, 0.4) is 0 Å². The van der Waals surface area contributed by atoms with E-state index in [0.717, 1.165) is 0 Å². The fourth-order valence-corrected chi connectivity index (χ4v) is 3.54. The van der Waals surface area contributed by atoms with Crippen LogP contribution >= 0.6 is 0 Å². The monoisotopic (exact) mass is 256 g/mol. The van der Waals surface area contributed by atoms with Gasteiger partial charge in [0.1, 0.15) is 17.5 Å². The van der Waals surface area contributed by atoms with Crippen LogP contribution in [0.25, 0.3) is 0 Å². The summed E-state index contributed by atoms with van der Waals surface area (Å²) in [6, 6.07) is 1.56. The van der Waals surface area contributed by atoms with Gasteiger partial charge in [-0.3, -0.25) is 0 Å². The average Bonchev–Trinajstić information content (AvgIpc) is 2.57. The number of nitrogen functional groups attached to an aromatic ring is 1. The van der Waals surface area contributed by atoms with E-state index in [1.54, 1.807) is 6.07 Å². The molecule has 0 radical (unpaired) electrons. The molecule has 1 atom stereocenters. The predicted octanol–water partition coefficient (Wildman–Crippen LogP) is 0.220. The van der Waals surface area contributed by atoms with Gasteiger partial charge in [-0.2, -0.15) is 0 Å². The van der Waals surface area contributed by atoms with Crippen LogP contribution in [-0.4, -0.2) is 35.9 Å². The molecule has 1 saturated heterocycles. The fraction of sp³-hybridized carbons (Fsp3) is 0.600. The van der Waals surface area contributed by atoms with E-state index in [0.29, 0.717) is 30.3 Å². The quantitative estimate of drug-likeness (QED) is 0.802. The number of rotatable bonds is 3. The van der Waals surface area contributed by atoms with E-state index in [9.17, 15) is 8.42 Å². The standard InChI is InChI=1S/C10H16N4O2S/c1-2-9-13-8(11)5-10(14-9)12-7-3-4-17(15,16)6-7/h5,7H,2-4,6H2,1H3,(H3,11,12,13,14). The molecule has 0 spiro atoms. The van der Waals surface area contributed by atoms with Gasteiger partial charge in [-0.25, -0.2) is 18.4 Å². The van der Waals surface area contributed by atoms with Gasteiger partial charge in [0.2, 0.25) is 0 Å². The summed E-state index contributed by atoms with van der Waals surface area (Å²) in [4.78, 5) is 8.33. The summed E-state index contributed by atoms with van der Waals surface area (Å²) >= 11 is 0. The first-order valence-electron chi connectivity index (χ1n) is 5.59. The van der Waals surface area contributed by atoms with Crippen LogP contribution in [0.4, 0.5) is 11.6 Å². The summed E-state index contributed by atoms with van der Waals surface area (Å²) < 4.78 is 22.6. The van der Waals surface area contributed by atoms with Crippen molar-refractivity contribution >= 4 is 21.5 Å². The Morgan fingerprint density at radius 1 is 1.53 bits per heavy atom. The minimum atomic E-state index is -2.88. The van der Waals surface area contributed by atoms with Gasteiger partial charge in [0, 0.05) is 18.5 Å². The zero-order chi connectivity index (χ0) is 12.5. The van der Waals surface area contributed by atoms with E-state index >= 15 is 0 Å². The largest absolute Gasteiger partial charge is 0.384 e. The number of sulfone groups is 1. The first-order chi connectivity index (χ1) is 7.98. The normalized spacial score (nSPS) is 22.5. The molecule has 1 aromatic rings. The highest BCUT2D eigenvalue weighted by atomic mass is 32.2. The van der Waals surface area contributed by atoms with Crippen molar-refractivity contribution < 1.29 is 8.42 Å². The maximum absolute atomic E-state index is 11.3. The smallest absolute Gasteiger partial charge is 0.152 e. The van der Waals surface area contributed by atoms with Crippen molar-refractivity contribution in [1.82, 2.24) is 9.97 Å². The van der Waals surface area contributed by atoms with Gasteiger partial charge < -0.3 is 11.1 Å². The fourth-order valence-electron chi connectivity index (χ4n) is 1.87. The molecule has 0 aromatic carbocycles. The van der Waals surface area contributed by atoms with Crippen molar-refractivity contribution in [1.29, 1.82) is 0 Å². The molecule has 3 N–H and O–H groups in total. The number of nitrogens with two attached hydrogens (primary N) is 1. The van der Waals surface area contributed by atoms with Gasteiger partial charge in [0.25, 0.3) is 0 Å². The molecule has 2 rings (SSSR count). The lowest BCUT2D eigenvalue weighted by Crippen LogP contribution is -2.21. The van der Waals surface area contributed by atoms with Crippen molar-refractivity contribution in [3.8, 4) is 0 Å². The summed E-state index contributed by atoms with van der Waals surface area (Å²) in [5, 5.41) is 3.10. The van der Waals surface area contributed by atoms with Crippen molar-refractivity contribution in [3.63, 3.8) is 0 Å². The molecular weight excluding hydrogens is 240 g/mol. The first kappa shape index (κ1) is 12.1. The maximum Gasteiger partial charge on any atom is 0.152 e. The Labute approximate surface area is 101 Å². The summed E-state index contributed by atoms with van der Waals surface area (Å²) in [5.74, 6) is 2.08. The maximum atomic E-state index is 11.3. The van der Waals surface area contributed by atoms with Gasteiger partial charge in [-0.05, 0) is 6.42 Å². The molecule has 1 unspecified atom stereocenters. The molecule has 0 amide bonds. The van der Waals surface area contributed by atoms with Crippen molar-refractivity contribution in [2.45, 2.75) is 25.8 Å². The van der Waals surface area contributed by atoms with E-state index < -0.39 is 9.84 Å². The number of aryl methyl sites for hydroxylation is 1. The van der Waals surface area contributed by atoms with Crippen LogP contribution in [0.2, 0.25) is 0 Å². The van der Waals surface area contributed by atoms with Crippen LogP contribution in [0, 0.1) is 0 Å². The third kappa shape index (κ3) is 3.06. The third-order valence-electron chi connectivity index (χ3n) is 2.69. The lowest BCUT2D eigenvalue weighted by molar-refractivity contribution is 0.602. The highest BCUT2D eigenvalue weighted by molar-refractivity contribution is 7.91. The second-order valence-electron chi connectivity index (χ2n) is 4.19. The van der Waals surface area contributed by atoms with E-state index in [-0.39, 0.29) is 17.5 Å². The molecular formula is C10H16N4O2S. The first-order valence-corrected chi connectivity index (χ1v) is 7.41. The van der Waals surface area contributed by atoms with Crippen LogP contribution in [-0.2, 0) is 16.3 Å². The lowest BCUT2D eigenvalue weighted by Gasteiger charge is -2.12. The molecule has 0 aliphatic carbocycles. The molecule has 6 nitrogen and oxygen atoms in total. The molecule has 94 valence electrons. The number of nitrogens with one attached hydrogen (secondary N) is 1. The Balaban J connectivity index is 2.11. The highest BCUT2D eigenvalue weighted by Gasteiger charge is 2.27. The molecule has 0 saturated carbocycles. The topological polar surface area (TPSA) is 98.0 Å². The summed E-state index contributed by atoms with van der Waals surface area (Å²) in [6.45, 7) is 1.94. The second kappa shape index (κ2) is 4.48. The zero-order valence-electron chi connectivity index (χ0n) is 9.68. The van der Waals surface area contributed by atoms with Gasteiger partial charge in [-0.1, -0.05) is 6.92 Å². The van der Waals surface area contributed by atoms with Gasteiger partial charge in [-0.15, -0.1) is 0 Å². The molecule has 1 aliphatic heterocycles. The van der Waals surface area contributed by atoms with E-state index in [1.165, 1.54) is 0 Å². The van der Waals surface area contributed by atoms with Gasteiger partial charge in [0.05, 0.1) is 11.5 Å². The molecule has 1 aliphatic rings. The van der Waals surface area contributed by atoms with E-state index in [2.05, 4.69) is 15.3 Å². The Morgan fingerprint density at radius 2 is 2.29 bits per heavy atom. The van der Waals surface area contributed by atoms with Crippen LogP contribution in [0.1, 0.15) is 19.2 Å². The highest BCUT2D eigenvalue weighted by Crippen LogP contribution is 2.17. The molecule has 7 heteroatoms. The van der Waals surface area contributed by atoms with E-state index in [1.807, 2.05) is 6.92 Å². The van der Waals surface area contributed by atoms with Crippen LogP contribution < -0.4 is 11.1 Å². The zero-order valence-corrected chi connectivity index (χ0v) is 10.5.